The van der Waals surface area contributed by atoms with Crippen LogP contribution in [0.5, 0.6) is 0 Å². The third-order valence-corrected chi connectivity index (χ3v) is 5.81. The number of hydrogen-bond acceptors (Lipinski definition) is 5. The zero-order valence-electron chi connectivity index (χ0n) is 15.8. The van der Waals surface area contributed by atoms with Gasteiger partial charge in [-0.3, -0.25) is 4.79 Å². The summed E-state index contributed by atoms with van der Waals surface area (Å²) in [5, 5.41) is 3.26. The summed E-state index contributed by atoms with van der Waals surface area (Å²) in [7, 11) is 0. The van der Waals surface area contributed by atoms with Crippen LogP contribution in [0.2, 0.25) is 0 Å². The third-order valence-electron chi connectivity index (χ3n) is 4.72. The Hall–Kier alpha value is -3.39. The second-order valence-electron chi connectivity index (χ2n) is 6.76. The zero-order valence-corrected chi connectivity index (χ0v) is 16.7. The van der Waals surface area contributed by atoms with E-state index in [-0.39, 0.29) is 5.91 Å². The molecule has 4 rings (SSSR count). The molecule has 5 N–H and O–H groups in total. The van der Waals surface area contributed by atoms with Crippen molar-refractivity contribution in [2.75, 3.05) is 17.6 Å². The topological polar surface area (TPSA) is 110 Å². The molecule has 1 aromatic heterocycles. The molecule has 29 heavy (non-hydrogen) atoms. The maximum absolute atomic E-state index is 12.6. The van der Waals surface area contributed by atoms with Crippen molar-refractivity contribution in [3.05, 3.63) is 75.7 Å². The molecule has 3 aromatic rings. The maximum atomic E-state index is 12.6. The van der Waals surface area contributed by atoms with Crippen LogP contribution in [-0.2, 0) is 19.5 Å². The Balaban J connectivity index is 1.43. The van der Waals surface area contributed by atoms with Gasteiger partial charge in [0.1, 0.15) is 0 Å². The van der Waals surface area contributed by atoms with Gasteiger partial charge in [0.05, 0.1) is 30.2 Å². The number of carbonyl (C=O) groups is 1. The normalized spacial score (nSPS) is 13.8. The number of guanidine groups is 1. The van der Waals surface area contributed by atoms with Crippen molar-refractivity contribution >= 4 is 34.6 Å². The summed E-state index contributed by atoms with van der Waals surface area (Å²) in [6, 6.07) is 17.2. The third kappa shape index (κ3) is 4.38. The van der Waals surface area contributed by atoms with Crippen molar-refractivity contribution in [2.24, 2.45) is 10.7 Å². The van der Waals surface area contributed by atoms with Gasteiger partial charge in [-0.25, -0.2) is 9.98 Å². The molecule has 0 atom stereocenters. The number of rotatable bonds is 4. The predicted octanol–water partition coefficient (Wildman–Crippen LogP) is 2.85. The molecule has 0 unspecified atom stereocenters. The van der Waals surface area contributed by atoms with Gasteiger partial charge in [-0.05, 0) is 17.7 Å². The highest BCUT2D eigenvalue weighted by molar-refractivity contribution is 7.13. The highest BCUT2D eigenvalue weighted by atomic mass is 32.1. The number of hydrogen-bond donors (Lipinski definition) is 3. The number of nitrogens with two attached hydrogens (primary N) is 2. The zero-order chi connectivity index (χ0) is 20.2. The molecule has 1 aliphatic rings. The molecule has 2 aromatic carbocycles. The Bertz CT molecular complexity index is 1050. The summed E-state index contributed by atoms with van der Waals surface area (Å²) in [6.07, 6.45) is 0.730. The molecule has 0 aliphatic carbocycles. The number of carbonyl (C=O) groups excluding carboxylic acids is 1. The number of nitrogen functional groups attached to an aromatic ring is 1. The largest absolute Gasteiger partial charge is 0.397 e. The average Bonchev–Trinajstić information content (AvgIpc) is 3.18. The Morgan fingerprint density at radius 3 is 2.72 bits per heavy atom. The van der Waals surface area contributed by atoms with Crippen molar-refractivity contribution in [2.45, 2.75) is 19.5 Å². The van der Waals surface area contributed by atoms with Gasteiger partial charge in [0.2, 0.25) is 0 Å². The fraction of sp³-hybridized carbons (Fsp3) is 0.190. The first-order valence-corrected chi connectivity index (χ1v) is 10.1. The van der Waals surface area contributed by atoms with Gasteiger partial charge in [0.15, 0.2) is 11.0 Å². The van der Waals surface area contributed by atoms with E-state index in [1.165, 1.54) is 11.3 Å². The van der Waals surface area contributed by atoms with Crippen LogP contribution >= 0.6 is 11.3 Å². The van der Waals surface area contributed by atoms with E-state index in [1.54, 1.807) is 12.1 Å². The van der Waals surface area contributed by atoms with E-state index in [2.05, 4.69) is 15.3 Å². The molecule has 0 saturated carbocycles. The molecule has 0 bridgehead atoms. The number of nitrogens with zero attached hydrogens (tertiary/aromatic N) is 3. The van der Waals surface area contributed by atoms with Crippen molar-refractivity contribution in [1.29, 1.82) is 0 Å². The fourth-order valence-corrected chi connectivity index (χ4v) is 4.15. The summed E-state index contributed by atoms with van der Waals surface area (Å²) < 4.78 is 0. The first-order valence-electron chi connectivity index (χ1n) is 9.33. The number of thiazole rings is 1. The number of anilines is 2. The lowest BCUT2D eigenvalue weighted by Gasteiger charge is -2.26. The molecular formula is C21H22N6OS. The number of aromatic nitrogens is 1. The molecule has 7 nitrogen and oxygen atoms in total. The lowest BCUT2D eigenvalue weighted by molar-refractivity contribution is 0.102. The minimum Gasteiger partial charge on any atom is -0.397 e. The smallest absolute Gasteiger partial charge is 0.284 e. The van der Waals surface area contributed by atoms with Crippen LogP contribution < -0.4 is 16.8 Å². The highest BCUT2D eigenvalue weighted by Gasteiger charge is 2.24. The predicted molar refractivity (Wildman–Crippen MR) is 117 cm³/mol. The van der Waals surface area contributed by atoms with Gasteiger partial charge in [0, 0.05) is 17.8 Å². The lowest BCUT2D eigenvalue weighted by atomic mass is 10.2. The number of nitrogens with one attached hydrogen (secondary N) is 1. The number of para-hydroxylation sites is 2. The standard InChI is InChI=1S/C21H22N6OS/c22-15-8-4-5-9-16(15)25-19(28)20-26-17-10-11-27(13-18(17)29-20)21(23)24-12-14-6-2-1-3-7-14/h1-9H,10-13,22H2,(H2,23,24)(H,25,28). The van der Waals surface area contributed by atoms with Crippen LogP contribution in [0.1, 0.15) is 25.9 Å². The van der Waals surface area contributed by atoms with E-state index in [0.717, 1.165) is 29.1 Å². The van der Waals surface area contributed by atoms with Gasteiger partial charge in [0.25, 0.3) is 5.91 Å². The molecule has 0 radical (unpaired) electrons. The van der Waals surface area contributed by atoms with E-state index >= 15 is 0 Å². The van der Waals surface area contributed by atoms with Gasteiger partial charge in [-0.2, -0.15) is 0 Å². The van der Waals surface area contributed by atoms with Crippen LogP contribution in [0.25, 0.3) is 0 Å². The average molecular weight is 407 g/mol. The first kappa shape index (κ1) is 18.9. The molecule has 1 aliphatic heterocycles. The highest BCUT2D eigenvalue weighted by Crippen LogP contribution is 2.26. The molecule has 0 saturated heterocycles. The van der Waals surface area contributed by atoms with Gasteiger partial charge in [-0.1, -0.05) is 42.5 Å². The number of fused-ring (bicyclic) bond motifs is 1. The summed E-state index contributed by atoms with van der Waals surface area (Å²) >= 11 is 1.39. The monoisotopic (exact) mass is 406 g/mol. The van der Waals surface area contributed by atoms with Crippen molar-refractivity contribution in [3.8, 4) is 0 Å². The number of amides is 1. The van der Waals surface area contributed by atoms with Crippen molar-refractivity contribution < 1.29 is 4.79 Å². The quantitative estimate of drug-likeness (QED) is 0.351. The second kappa shape index (κ2) is 8.32. The summed E-state index contributed by atoms with van der Waals surface area (Å²) in [5.41, 5.74) is 15.3. The van der Waals surface area contributed by atoms with Crippen LogP contribution in [0.4, 0.5) is 11.4 Å². The summed E-state index contributed by atoms with van der Waals surface area (Å²) in [5.74, 6) is 0.260. The van der Waals surface area contributed by atoms with E-state index < -0.39 is 0 Å². The molecule has 2 heterocycles. The SMILES string of the molecule is NC(=NCc1ccccc1)N1CCc2nc(C(=O)Nc3ccccc3N)sc2C1. The van der Waals surface area contributed by atoms with Crippen LogP contribution in [-0.4, -0.2) is 28.3 Å². The maximum Gasteiger partial charge on any atom is 0.284 e. The Kier molecular flexibility index (Phi) is 5.44. The molecule has 1 amide bonds. The van der Waals surface area contributed by atoms with Crippen LogP contribution in [0.3, 0.4) is 0 Å². The Labute approximate surface area is 173 Å². The van der Waals surface area contributed by atoms with E-state index in [1.807, 2.05) is 47.4 Å². The summed E-state index contributed by atoms with van der Waals surface area (Å²) in [4.78, 5) is 24.7. The minimum atomic E-state index is -0.250. The molecule has 8 heteroatoms. The van der Waals surface area contributed by atoms with Gasteiger partial charge < -0.3 is 21.7 Å². The fourth-order valence-electron chi connectivity index (χ4n) is 3.13. The van der Waals surface area contributed by atoms with Crippen LogP contribution in [0, 0.1) is 0 Å². The minimum absolute atomic E-state index is 0.250. The van der Waals surface area contributed by atoms with Gasteiger partial charge in [-0.15, -0.1) is 11.3 Å². The van der Waals surface area contributed by atoms with E-state index in [9.17, 15) is 4.79 Å². The van der Waals surface area contributed by atoms with Crippen molar-refractivity contribution in [1.82, 2.24) is 9.88 Å². The molecule has 0 fully saturated rings. The van der Waals surface area contributed by atoms with Crippen LogP contribution in [0.15, 0.2) is 59.6 Å². The second-order valence-corrected chi connectivity index (χ2v) is 7.85. The Morgan fingerprint density at radius 1 is 1.17 bits per heavy atom. The van der Waals surface area contributed by atoms with Gasteiger partial charge >= 0.3 is 0 Å². The van der Waals surface area contributed by atoms with E-state index in [4.69, 9.17) is 11.5 Å². The lowest BCUT2D eigenvalue weighted by Crippen LogP contribution is -2.40. The molecule has 0 spiro atoms. The van der Waals surface area contributed by atoms with E-state index in [0.29, 0.717) is 35.4 Å². The molecule has 148 valence electrons. The number of aliphatic imine (C=N–C) groups is 1. The Morgan fingerprint density at radius 2 is 1.93 bits per heavy atom. The number of benzene rings is 2. The summed E-state index contributed by atoms with van der Waals surface area (Å²) in [6.45, 7) is 1.89. The van der Waals surface area contributed by atoms with Crippen molar-refractivity contribution in [3.63, 3.8) is 0 Å². The molecular weight excluding hydrogens is 384 g/mol. The first-order chi connectivity index (χ1) is 14.1.